The largest absolute Gasteiger partial charge is 0.519 e. The zero-order valence-corrected chi connectivity index (χ0v) is 23.0. The van der Waals surface area contributed by atoms with E-state index in [0.717, 1.165) is 12.3 Å². The van der Waals surface area contributed by atoms with Crippen LogP contribution in [0.15, 0.2) is 31.8 Å². The van der Waals surface area contributed by atoms with Crippen molar-refractivity contribution in [2.24, 2.45) is 16.7 Å². The number of benzene rings is 1. The lowest BCUT2D eigenvalue weighted by Crippen LogP contribution is -2.26. The van der Waals surface area contributed by atoms with Crippen LogP contribution >= 0.6 is 0 Å². The van der Waals surface area contributed by atoms with Crippen molar-refractivity contribution in [1.29, 1.82) is 0 Å². The standard InChI is InChI=1S/C13H18.C9H14O3.C8H16/c1-13(2,3)12-8-7-10-5-4-6-11(10)9-12;1-6-7(5-9(2,3)4)12-8(10)11-6;1-8(2,3)7-5-4-6-7/h7-9H,4-6H2,1-3H3;5H2,1-4H3;7H,4-6H2,1-3H3. The second kappa shape index (κ2) is 10.7. The van der Waals surface area contributed by atoms with Gasteiger partial charge in [-0.3, -0.25) is 0 Å². The summed E-state index contributed by atoms with van der Waals surface area (Å²) >= 11 is 0. The van der Waals surface area contributed by atoms with Gasteiger partial charge in [0.1, 0.15) is 11.5 Å². The molecule has 2 aromatic rings. The van der Waals surface area contributed by atoms with Crippen molar-refractivity contribution in [3.05, 3.63) is 57.0 Å². The molecule has 1 saturated carbocycles. The average Bonchev–Trinajstić information content (AvgIpc) is 3.16. The van der Waals surface area contributed by atoms with E-state index in [9.17, 15) is 4.79 Å². The molecule has 0 radical (unpaired) electrons. The van der Waals surface area contributed by atoms with Crippen LogP contribution in [-0.2, 0) is 24.7 Å². The van der Waals surface area contributed by atoms with Gasteiger partial charge < -0.3 is 8.83 Å². The Hall–Kier alpha value is -1.77. The summed E-state index contributed by atoms with van der Waals surface area (Å²) in [5.74, 6) is 1.68. The van der Waals surface area contributed by atoms with Crippen LogP contribution in [0.4, 0.5) is 0 Å². The van der Waals surface area contributed by atoms with Crippen LogP contribution in [0.5, 0.6) is 0 Å². The van der Waals surface area contributed by atoms with E-state index in [-0.39, 0.29) is 5.41 Å². The maximum atomic E-state index is 10.7. The van der Waals surface area contributed by atoms with Crippen molar-refractivity contribution in [2.75, 3.05) is 0 Å². The first-order valence-electron chi connectivity index (χ1n) is 12.8. The van der Waals surface area contributed by atoms with Gasteiger partial charge in [-0.05, 0) is 77.9 Å². The Bertz CT molecular complexity index is 935. The van der Waals surface area contributed by atoms with E-state index in [1.54, 1.807) is 18.1 Å². The molecule has 0 spiro atoms. The van der Waals surface area contributed by atoms with Gasteiger partial charge in [-0.1, -0.05) is 86.9 Å². The van der Waals surface area contributed by atoms with Crippen molar-refractivity contribution < 1.29 is 8.83 Å². The summed E-state index contributed by atoms with van der Waals surface area (Å²) in [5, 5.41) is 0. The number of aryl methyl sites for hydroxylation is 3. The molecule has 186 valence electrons. The molecule has 0 bridgehead atoms. The topological polar surface area (TPSA) is 43.4 Å². The highest BCUT2D eigenvalue weighted by atomic mass is 16.6. The molecule has 1 aromatic carbocycles. The Labute approximate surface area is 202 Å². The van der Waals surface area contributed by atoms with E-state index in [4.69, 9.17) is 8.83 Å². The maximum Gasteiger partial charge on any atom is 0.519 e. The molecule has 0 unspecified atom stereocenters. The Morgan fingerprint density at radius 3 is 1.85 bits per heavy atom. The van der Waals surface area contributed by atoms with Gasteiger partial charge in [0.05, 0.1) is 0 Å². The lowest BCUT2D eigenvalue weighted by atomic mass is 9.69. The summed E-state index contributed by atoms with van der Waals surface area (Å²) in [4.78, 5) is 10.7. The minimum absolute atomic E-state index is 0.116. The fourth-order valence-electron chi connectivity index (χ4n) is 4.33. The van der Waals surface area contributed by atoms with E-state index >= 15 is 0 Å². The summed E-state index contributed by atoms with van der Waals surface area (Å²) in [6.07, 6.45) is 9.08. The summed E-state index contributed by atoms with van der Waals surface area (Å²) in [6.45, 7) is 21.9. The number of rotatable bonds is 1. The molecule has 1 aromatic heterocycles. The van der Waals surface area contributed by atoms with Crippen molar-refractivity contribution in [3.63, 3.8) is 0 Å². The van der Waals surface area contributed by atoms with Gasteiger partial charge in [0.25, 0.3) is 0 Å². The molecular formula is C30H48O3. The van der Waals surface area contributed by atoms with Gasteiger partial charge in [0, 0.05) is 6.42 Å². The fraction of sp³-hybridized carbons (Fsp3) is 0.700. The Morgan fingerprint density at radius 2 is 1.45 bits per heavy atom. The van der Waals surface area contributed by atoms with Gasteiger partial charge >= 0.3 is 5.82 Å². The van der Waals surface area contributed by atoms with Crippen LogP contribution in [0, 0.1) is 23.7 Å². The second-order valence-corrected chi connectivity index (χ2v) is 13.3. The van der Waals surface area contributed by atoms with Crippen molar-refractivity contribution in [1.82, 2.24) is 0 Å². The third-order valence-electron chi connectivity index (χ3n) is 6.82. The number of hydrogen-bond acceptors (Lipinski definition) is 3. The normalized spacial score (nSPS) is 16.2. The first-order chi connectivity index (χ1) is 15.1. The first kappa shape index (κ1) is 27.5. The Morgan fingerprint density at radius 1 is 0.848 bits per heavy atom. The van der Waals surface area contributed by atoms with Gasteiger partial charge in [0.15, 0.2) is 0 Å². The van der Waals surface area contributed by atoms with Gasteiger partial charge in [-0.2, -0.15) is 0 Å². The van der Waals surface area contributed by atoms with Crippen LogP contribution in [0.1, 0.15) is 116 Å². The summed E-state index contributed by atoms with van der Waals surface area (Å²) in [7, 11) is 0. The molecule has 3 heteroatoms. The second-order valence-electron chi connectivity index (χ2n) is 13.3. The molecular weight excluding hydrogens is 408 g/mol. The predicted molar refractivity (Wildman–Crippen MR) is 139 cm³/mol. The molecule has 4 rings (SSSR count). The van der Waals surface area contributed by atoms with Crippen LogP contribution in [0.2, 0.25) is 0 Å². The number of hydrogen-bond donors (Lipinski definition) is 0. The smallest absolute Gasteiger partial charge is 0.396 e. The lowest BCUT2D eigenvalue weighted by molar-refractivity contribution is 0.141. The molecule has 3 nitrogen and oxygen atoms in total. The predicted octanol–water partition coefficient (Wildman–Crippen LogP) is 8.44. The third-order valence-corrected chi connectivity index (χ3v) is 6.82. The van der Waals surface area contributed by atoms with E-state index in [0.29, 0.717) is 22.4 Å². The first-order valence-corrected chi connectivity index (χ1v) is 12.8. The van der Waals surface area contributed by atoms with E-state index in [2.05, 4.69) is 80.5 Å². The van der Waals surface area contributed by atoms with E-state index < -0.39 is 5.82 Å². The van der Waals surface area contributed by atoms with Gasteiger partial charge in [-0.15, -0.1) is 0 Å². The van der Waals surface area contributed by atoms with Gasteiger partial charge in [0.2, 0.25) is 0 Å². The third kappa shape index (κ3) is 8.83. The molecule has 0 atom stereocenters. The minimum Gasteiger partial charge on any atom is -0.396 e. The molecule has 33 heavy (non-hydrogen) atoms. The SMILES string of the molecule is CC(C)(C)C1CCC1.CC(C)(C)c1ccc2c(c1)CCC2.Cc1oc(=O)oc1CC(C)(C)C. The highest BCUT2D eigenvalue weighted by Crippen LogP contribution is 2.40. The zero-order valence-electron chi connectivity index (χ0n) is 23.0. The van der Waals surface area contributed by atoms with E-state index in [1.807, 2.05) is 0 Å². The molecule has 0 aliphatic heterocycles. The maximum absolute atomic E-state index is 10.7. The quantitative estimate of drug-likeness (QED) is 0.432. The van der Waals surface area contributed by atoms with Crippen LogP contribution < -0.4 is 5.82 Å². The van der Waals surface area contributed by atoms with Crippen LogP contribution in [0.25, 0.3) is 0 Å². The van der Waals surface area contributed by atoms with E-state index in [1.165, 1.54) is 44.1 Å². The van der Waals surface area contributed by atoms with Crippen LogP contribution in [0.3, 0.4) is 0 Å². The average molecular weight is 457 g/mol. The number of fused-ring (bicyclic) bond motifs is 1. The minimum atomic E-state index is -0.605. The Balaban J connectivity index is 0.000000180. The molecule has 0 N–H and O–H groups in total. The molecule has 2 aliphatic carbocycles. The molecule has 1 heterocycles. The molecule has 0 amide bonds. The monoisotopic (exact) mass is 456 g/mol. The molecule has 1 fully saturated rings. The Kier molecular flexibility index (Phi) is 8.87. The summed E-state index contributed by atoms with van der Waals surface area (Å²) in [6, 6.07) is 7.02. The highest BCUT2D eigenvalue weighted by Gasteiger charge is 2.29. The molecule has 0 saturated heterocycles. The summed E-state index contributed by atoms with van der Waals surface area (Å²) < 4.78 is 9.61. The molecule has 2 aliphatic rings. The van der Waals surface area contributed by atoms with Crippen LogP contribution in [-0.4, -0.2) is 0 Å². The van der Waals surface area contributed by atoms with Crippen molar-refractivity contribution in [3.8, 4) is 0 Å². The summed E-state index contributed by atoms with van der Waals surface area (Å²) in [5.41, 5.74) is 5.66. The van der Waals surface area contributed by atoms with Gasteiger partial charge in [-0.25, -0.2) is 4.79 Å². The zero-order chi connectivity index (χ0) is 25.0. The van der Waals surface area contributed by atoms with Crippen molar-refractivity contribution >= 4 is 0 Å². The fourth-order valence-corrected chi connectivity index (χ4v) is 4.33. The highest BCUT2D eigenvalue weighted by molar-refractivity contribution is 5.37. The van der Waals surface area contributed by atoms with Crippen molar-refractivity contribution in [2.45, 2.75) is 120 Å². The lowest BCUT2D eigenvalue weighted by Gasteiger charge is -2.37.